The summed E-state index contributed by atoms with van der Waals surface area (Å²) in [4.78, 5) is 13.0. The molecule has 10 heavy (non-hydrogen) atoms. The minimum Gasteiger partial charge on any atom is -0.293 e. The fourth-order valence-corrected chi connectivity index (χ4v) is 1.03. The van der Waals surface area contributed by atoms with E-state index < -0.39 is 0 Å². The van der Waals surface area contributed by atoms with Crippen LogP contribution >= 0.6 is 0 Å². The lowest BCUT2D eigenvalue weighted by molar-refractivity contribution is -0.116. The zero-order valence-electron chi connectivity index (χ0n) is 6.50. The molecule has 0 aromatic rings. The Kier molecular flexibility index (Phi) is 2.22. The third kappa shape index (κ3) is 1.67. The Bertz CT molecular complexity index is 161. The quantitative estimate of drug-likeness (QED) is 0.536. The van der Waals surface area contributed by atoms with Gasteiger partial charge in [-0.05, 0) is 19.9 Å². The summed E-state index contributed by atoms with van der Waals surface area (Å²) in [6, 6.07) is 0.480. The Labute approximate surface area is 61.5 Å². The zero-order chi connectivity index (χ0) is 7.56. The second-order valence-electron chi connectivity index (χ2n) is 2.89. The summed E-state index contributed by atoms with van der Waals surface area (Å²) in [7, 11) is 0. The first-order valence-electron chi connectivity index (χ1n) is 3.63. The molecule has 0 aliphatic carbocycles. The minimum atomic E-state index is 0.222. The first-order chi connectivity index (χ1) is 4.70. The summed E-state index contributed by atoms with van der Waals surface area (Å²) in [6.45, 7) is 5.72. The molecule has 1 aliphatic heterocycles. The van der Waals surface area contributed by atoms with Crippen molar-refractivity contribution in [3.05, 3.63) is 12.2 Å². The molecule has 0 aromatic carbocycles. The summed E-state index contributed by atoms with van der Waals surface area (Å²) in [5.41, 5.74) is 0. The van der Waals surface area contributed by atoms with Crippen molar-refractivity contribution in [2.75, 3.05) is 13.1 Å². The molecular formula is C8H13NO. The standard InChI is InChI=1S/C8H13NO/c1-7(2)9-5-3-4-8(10)6-9/h3-4,7H,5-6H2,1-2H3. The van der Waals surface area contributed by atoms with Crippen molar-refractivity contribution >= 4 is 5.78 Å². The first kappa shape index (κ1) is 7.48. The minimum absolute atomic E-state index is 0.222. The fraction of sp³-hybridized carbons (Fsp3) is 0.625. The van der Waals surface area contributed by atoms with Gasteiger partial charge in [-0.15, -0.1) is 0 Å². The van der Waals surface area contributed by atoms with Crippen LogP contribution in [0.15, 0.2) is 12.2 Å². The monoisotopic (exact) mass is 139 g/mol. The summed E-state index contributed by atoms with van der Waals surface area (Å²) in [5.74, 6) is 0.222. The van der Waals surface area contributed by atoms with Crippen LogP contribution in [-0.4, -0.2) is 29.8 Å². The van der Waals surface area contributed by atoms with Gasteiger partial charge in [0.2, 0.25) is 0 Å². The van der Waals surface area contributed by atoms with E-state index in [0.29, 0.717) is 12.6 Å². The van der Waals surface area contributed by atoms with Crippen LogP contribution in [-0.2, 0) is 4.79 Å². The van der Waals surface area contributed by atoms with Crippen molar-refractivity contribution in [2.24, 2.45) is 0 Å². The van der Waals surface area contributed by atoms with E-state index in [9.17, 15) is 4.79 Å². The third-order valence-electron chi connectivity index (χ3n) is 1.73. The Balaban J connectivity index is 2.52. The molecule has 0 fully saturated rings. The number of nitrogens with zero attached hydrogens (tertiary/aromatic N) is 1. The van der Waals surface area contributed by atoms with Gasteiger partial charge >= 0.3 is 0 Å². The van der Waals surface area contributed by atoms with Crippen molar-refractivity contribution in [2.45, 2.75) is 19.9 Å². The molecule has 1 aliphatic rings. The van der Waals surface area contributed by atoms with Gasteiger partial charge in [0.25, 0.3) is 0 Å². The molecule has 0 spiro atoms. The molecule has 0 atom stereocenters. The number of hydrogen-bond acceptors (Lipinski definition) is 2. The molecule has 0 aromatic heterocycles. The first-order valence-corrected chi connectivity index (χ1v) is 3.63. The van der Waals surface area contributed by atoms with Gasteiger partial charge in [0, 0.05) is 12.6 Å². The van der Waals surface area contributed by atoms with Crippen LogP contribution in [0.2, 0.25) is 0 Å². The molecule has 0 bridgehead atoms. The lowest BCUT2D eigenvalue weighted by Gasteiger charge is -2.25. The molecule has 2 nitrogen and oxygen atoms in total. The third-order valence-corrected chi connectivity index (χ3v) is 1.73. The SMILES string of the molecule is CC(C)N1CC=CC(=O)C1. The van der Waals surface area contributed by atoms with Gasteiger partial charge in [-0.2, -0.15) is 0 Å². The van der Waals surface area contributed by atoms with Crippen molar-refractivity contribution < 1.29 is 4.79 Å². The highest BCUT2D eigenvalue weighted by molar-refractivity contribution is 5.92. The average molecular weight is 139 g/mol. The lowest BCUT2D eigenvalue weighted by atomic mass is 10.2. The maximum Gasteiger partial charge on any atom is 0.169 e. The summed E-state index contributed by atoms with van der Waals surface area (Å²) >= 11 is 0. The van der Waals surface area contributed by atoms with E-state index in [1.807, 2.05) is 6.08 Å². The van der Waals surface area contributed by atoms with Gasteiger partial charge in [-0.3, -0.25) is 9.69 Å². The summed E-state index contributed by atoms with van der Waals surface area (Å²) in [5, 5.41) is 0. The van der Waals surface area contributed by atoms with Crippen LogP contribution in [0.25, 0.3) is 0 Å². The zero-order valence-corrected chi connectivity index (χ0v) is 6.50. The summed E-state index contributed by atoms with van der Waals surface area (Å²) in [6.07, 6.45) is 3.59. The van der Waals surface area contributed by atoms with E-state index in [2.05, 4.69) is 18.7 Å². The van der Waals surface area contributed by atoms with Gasteiger partial charge in [0.1, 0.15) is 0 Å². The molecule has 1 heterocycles. The van der Waals surface area contributed by atoms with Gasteiger partial charge < -0.3 is 0 Å². The fourth-order valence-electron chi connectivity index (χ4n) is 1.03. The molecular weight excluding hydrogens is 126 g/mol. The lowest BCUT2D eigenvalue weighted by Crippen LogP contribution is -2.37. The van der Waals surface area contributed by atoms with Crippen molar-refractivity contribution in [3.63, 3.8) is 0 Å². The maximum absolute atomic E-state index is 10.8. The molecule has 56 valence electrons. The molecule has 0 N–H and O–H groups in total. The second-order valence-corrected chi connectivity index (χ2v) is 2.89. The van der Waals surface area contributed by atoms with Gasteiger partial charge in [0.15, 0.2) is 5.78 Å². The molecule has 1 rings (SSSR count). The Morgan fingerprint density at radius 1 is 1.60 bits per heavy atom. The molecule has 0 saturated carbocycles. The summed E-state index contributed by atoms with van der Waals surface area (Å²) < 4.78 is 0. The highest BCUT2D eigenvalue weighted by atomic mass is 16.1. The van der Waals surface area contributed by atoms with Crippen LogP contribution in [0.1, 0.15) is 13.8 Å². The van der Waals surface area contributed by atoms with Crippen LogP contribution in [0, 0.1) is 0 Å². The van der Waals surface area contributed by atoms with Crippen LogP contribution < -0.4 is 0 Å². The van der Waals surface area contributed by atoms with E-state index in [1.54, 1.807) is 6.08 Å². The predicted molar refractivity (Wildman–Crippen MR) is 40.9 cm³/mol. The Hall–Kier alpha value is -0.630. The number of rotatable bonds is 1. The van der Waals surface area contributed by atoms with E-state index in [1.165, 1.54) is 0 Å². The van der Waals surface area contributed by atoms with Crippen molar-refractivity contribution in [1.82, 2.24) is 4.90 Å². The van der Waals surface area contributed by atoms with Crippen molar-refractivity contribution in [3.8, 4) is 0 Å². The number of carbonyl (C=O) groups is 1. The normalized spacial score (nSPS) is 20.5. The van der Waals surface area contributed by atoms with E-state index in [-0.39, 0.29) is 5.78 Å². The predicted octanol–water partition coefficient (Wildman–Crippen LogP) is 0.836. The Morgan fingerprint density at radius 3 is 2.70 bits per heavy atom. The van der Waals surface area contributed by atoms with Gasteiger partial charge in [-0.1, -0.05) is 6.08 Å². The number of carbonyl (C=O) groups excluding carboxylic acids is 1. The average Bonchev–Trinajstić information content (AvgIpc) is 1.88. The molecule has 0 saturated heterocycles. The molecule has 0 unspecified atom stereocenters. The smallest absolute Gasteiger partial charge is 0.169 e. The largest absolute Gasteiger partial charge is 0.293 e. The van der Waals surface area contributed by atoms with Crippen LogP contribution in [0.3, 0.4) is 0 Å². The Morgan fingerprint density at radius 2 is 2.30 bits per heavy atom. The molecule has 2 heteroatoms. The van der Waals surface area contributed by atoms with E-state index >= 15 is 0 Å². The second kappa shape index (κ2) is 2.97. The topological polar surface area (TPSA) is 20.3 Å². The highest BCUT2D eigenvalue weighted by Crippen LogP contribution is 2.02. The maximum atomic E-state index is 10.8. The molecule has 0 amide bonds. The van der Waals surface area contributed by atoms with Crippen LogP contribution in [0.4, 0.5) is 0 Å². The van der Waals surface area contributed by atoms with E-state index in [4.69, 9.17) is 0 Å². The highest BCUT2D eigenvalue weighted by Gasteiger charge is 2.13. The van der Waals surface area contributed by atoms with Gasteiger partial charge in [-0.25, -0.2) is 0 Å². The van der Waals surface area contributed by atoms with Crippen LogP contribution in [0.5, 0.6) is 0 Å². The van der Waals surface area contributed by atoms with Crippen molar-refractivity contribution in [1.29, 1.82) is 0 Å². The number of ketones is 1. The number of hydrogen-bond donors (Lipinski definition) is 0. The van der Waals surface area contributed by atoms with Gasteiger partial charge in [0.05, 0.1) is 6.54 Å². The molecule has 0 radical (unpaired) electrons. The van der Waals surface area contributed by atoms with E-state index in [0.717, 1.165) is 6.54 Å².